The van der Waals surface area contributed by atoms with Gasteiger partial charge >= 0.3 is 5.69 Å². The van der Waals surface area contributed by atoms with Crippen molar-refractivity contribution in [2.24, 2.45) is 13.0 Å². The summed E-state index contributed by atoms with van der Waals surface area (Å²) in [4.78, 5) is 24.4. The lowest BCUT2D eigenvalue weighted by molar-refractivity contribution is 0.494. The maximum Gasteiger partial charge on any atom is 0.332 e. The van der Waals surface area contributed by atoms with Gasteiger partial charge in [-0.1, -0.05) is 20.8 Å². The SMILES string of the molecule is CCSCC(C)Nc1c(N)n(CC(C)C)c(=O)n(C)c1=O. The minimum atomic E-state index is -0.370. The summed E-state index contributed by atoms with van der Waals surface area (Å²) in [5, 5.41) is 3.16. The number of nitrogens with zero attached hydrogens (tertiary/aromatic N) is 2. The highest BCUT2D eigenvalue weighted by atomic mass is 32.2. The lowest BCUT2D eigenvalue weighted by Crippen LogP contribution is -2.42. The molecule has 3 N–H and O–H groups in total. The van der Waals surface area contributed by atoms with Gasteiger partial charge in [-0.25, -0.2) is 4.79 Å². The zero-order chi connectivity index (χ0) is 16.2. The molecule has 0 amide bonds. The van der Waals surface area contributed by atoms with Gasteiger partial charge in [0.15, 0.2) is 0 Å². The second kappa shape index (κ2) is 7.59. The minimum absolute atomic E-state index is 0.106. The molecule has 0 aromatic carbocycles. The number of rotatable bonds is 7. The van der Waals surface area contributed by atoms with Crippen LogP contribution in [0, 0.1) is 5.92 Å². The number of aromatic nitrogens is 2. The Bertz CT molecular complexity index is 592. The van der Waals surface area contributed by atoms with Crippen LogP contribution in [-0.4, -0.2) is 26.7 Å². The third-order valence-corrected chi connectivity index (χ3v) is 4.24. The van der Waals surface area contributed by atoms with E-state index in [0.717, 1.165) is 16.1 Å². The number of hydrogen-bond donors (Lipinski definition) is 2. The van der Waals surface area contributed by atoms with Crippen LogP contribution in [0.2, 0.25) is 0 Å². The van der Waals surface area contributed by atoms with E-state index in [1.165, 1.54) is 11.6 Å². The van der Waals surface area contributed by atoms with Crippen LogP contribution in [0.1, 0.15) is 27.7 Å². The van der Waals surface area contributed by atoms with Gasteiger partial charge < -0.3 is 11.1 Å². The Labute approximate surface area is 129 Å². The molecule has 6 nitrogen and oxygen atoms in total. The first-order valence-electron chi connectivity index (χ1n) is 7.23. The topological polar surface area (TPSA) is 82.0 Å². The molecule has 1 aromatic rings. The molecule has 120 valence electrons. The van der Waals surface area contributed by atoms with Gasteiger partial charge in [0.2, 0.25) is 0 Å². The molecule has 0 aliphatic carbocycles. The van der Waals surface area contributed by atoms with Crippen molar-refractivity contribution in [2.45, 2.75) is 40.3 Å². The highest BCUT2D eigenvalue weighted by Gasteiger charge is 2.17. The number of nitrogens with two attached hydrogens (primary N) is 1. The predicted octanol–water partition coefficient (Wildman–Crippen LogP) is 1.34. The summed E-state index contributed by atoms with van der Waals surface area (Å²) in [5.74, 6) is 2.39. The van der Waals surface area contributed by atoms with Crippen molar-refractivity contribution in [3.63, 3.8) is 0 Å². The van der Waals surface area contributed by atoms with E-state index in [4.69, 9.17) is 5.73 Å². The van der Waals surface area contributed by atoms with E-state index in [-0.39, 0.29) is 29.0 Å². The standard InChI is InChI=1S/C14H26N4O2S/c1-6-21-8-10(4)16-11-12(15)18(7-9(2)3)14(20)17(5)13(11)19/h9-10,16H,6-8,15H2,1-5H3. The van der Waals surface area contributed by atoms with Crippen molar-refractivity contribution >= 4 is 23.3 Å². The lowest BCUT2D eigenvalue weighted by Gasteiger charge is -2.20. The Balaban J connectivity index is 3.23. The molecule has 1 unspecified atom stereocenters. The molecule has 0 spiro atoms. The Morgan fingerprint density at radius 2 is 1.90 bits per heavy atom. The zero-order valence-electron chi connectivity index (χ0n) is 13.5. The first-order valence-corrected chi connectivity index (χ1v) is 8.38. The van der Waals surface area contributed by atoms with Crippen molar-refractivity contribution in [2.75, 3.05) is 22.6 Å². The molecule has 7 heteroatoms. The summed E-state index contributed by atoms with van der Waals surface area (Å²) < 4.78 is 2.58. The van der Waals surface area contributed by atoms with Crippen molar-refractivity contribution in [3.05, 3.63) is 20.8 Å². The summed E-state index contributed by atoms with van der Waals surface area (Å²) in [6.45, 7) is 8.59. The van der Waals surface area contributed by atoms with Gasteiger partial charge in [-0.2, -0.15) is 11.8 Å². The first-order chi connectivity index (χ1) is 9.79. The fourth-order valence-electron chi connectivity index (χ4n) is 2.04. The summed E-state index contributed by atoms with van der Waals surface area (Å²) in [6, 6.07) is 0.106. The lowest BCUT2D eigenvalue weighted by atomic mass is 10.2. The third-order valence-electron chi connectivity index (χ3n) is 3.09. The van der Waals surface area contributed by atoms with Gasteiger partial charge in [0, 0.05) is 25.4 Å². The molecule has 0 saturated carbocycles. The second-order valence-corrected chi connectivity index (χ2v) is 6.94. The normalized spacial score (nSPS) is 12.7. The number of anilines is 2. The average molecular weight is 314 g/mol. The molecule has 0 aliphatic heterocycles. The number of hydrogen-bond acceptors (Lipinski definition) is 5. The predicted molar refractivity (Wildman–Crippen MR) is 91.3 cm³/mol. The Kier molecular flexibility index (Phi) is 6.39. The molecular weight excluding hydrogens is 288 g/mol. The number of nitrogens with one attached hydrogen (secondary N) is 1. The van der Waals surface area contributed by atoms with Gasteiger partial charge in [0.25, 0.3) is 5.56 Å². The number of thioether (sulfide) groups is 1. The molecule has 21 heavy (non-hydrogen) atoms. The van der Waals surface area contributed by atoms with Crippen molar-refractivity contribution in [1.82, 2.24) is 9.13 Å². The van der Waals surface area contributed by atoms with Crippen LogP contribution in [0.15, 0.2) is 9.59 Å². The smallest absolute Gasteiger partial charge is 0.332 e. The third kappa shape index (κ3) is 4.30. The summed E-state index contributed by atoms with van der Waals surface area (Å²) in [5.41, 5.74) is 5.64. The molecule has 1 atom stereocenters. The summed E-state index contributed by atoms with van der Waals surface area (Å²) in [6.07, 6.45) is 0. The monoisotopic (exact) mass is 314 g/mol. The number of nitrogen functional groups attached to an aromatic ring is 1. The summed E-state index contributed by atoms with van der Waals surface area (Å²) in [7, 11) is 1.48. The Hall–Kier alpha value is -1.37. The molecule has 1 heterocycles. The van der Waals surface area contributed by atoms with E-state index in [9.17, 15) is 9.59 Å². The molecule has 0 saturated heterocycles. The molecule has 0 radical (unpaired) electrons. The second-order valence-electron chi connectivity index (χ2n) is 5.62. The van der Waals surface area contributed by atoms with E-state index in [2.05, 4.69) is 12.2 Å². The highest BCUT2D eigenvalue weighted by Crippen LogP contribution is 2.15. The highest BCUT2D eigenvalue weighted by molar-refractivity contribution is 7.99. The zero-order valence-corrected chi connectivity index (χ0v) is 14.3. The molecular formula is C14H26N4O2S. The Morgan fingerprint density at radius 1 is 1.29 bits per heavy atom. The van der Waals surface area contributed by atoms with Gasteiger partial charge in [-0.3, -0.25) is 13.9 Å². The van der Waals surface area contributed by atoms with Crippen molar-refractivity contribution in [1.29, 1.82) is 0 Å². The van der Waals surface area contributed by atoms with Gasteiger partial charge in [-0.15, -0.1) is 0 Å². The maximum absolute atomic E-state index is 12.3. The van der Waals surface area contributed by atoms with Crippen molar-refractivity contribution < 1.29 is 0 Å². The van der Waals surface area contributed by atoms with Crippen LogP contribution in [0.5, 0.6) is 0 Å². The molecule has 0 fully saturated rings. The van der Waals surface area contributed by atoms with E-state index in [1.807, 2.05) is 20.8 Å². The van der Waals surface area contributed by atoms with Crippen molar-refractivity contribution in [3.8, 4) is 0 Å². The molecule has 1 rings (SSSR count). The van der Waals surface area contributed by atoms with E-state index >= 15 is 0 Å². The van der Waals surface area contributed by atoms with E-state index in [0.29, 0.717) is 12.2 Å². The van der Waals surface area contributed by atoms with Crippen LogP contribution in [0.3, 0.4) is 0 Å². The van der Waals surface area contributed by atoms with E-state index < -0.39 is 0 Å². The van der Waals surface area contributed by atoms with Gasteiger partial charge in [-0.05, 0) is 18.6 Å². The van der Waals surface area contributed by atoms with Crippen LogP contribution in [-0.2, 0) is 13.6 Å². The quantitative estimate of drug-likeness (QED) is 0.793. The van der Waals surface area contributed by atoms with Crippen LogP contribution >= 0.6 is 11.8 Å². The molecule has 1 aromatic heterocycles. The van der Waals surface area contributed by atoms with Crippen LogP contribution < -0.4 is 22.3 Å². The van der Waals surface area contributed by atoms with Gasteiger partial charge in [0.05, 0.1) is 0 Å². The van der Waals surface area contributed by atoms with E-state index in [1.54, 1.807) is 11.8 Å². The first kappa shape index (κ1) is 17.7. The maximum atomic E-state index is 12.3. The molecule has 0 bridgehead atoms. The summed E-state index contributed by atoms with van der Waals surface area (Å²) >= 11 is 1.79. The van der Waals surface area contributed by atoms with Gasteiger partial charge in [0.1, 0.15) is 11.5 Å². The average Bonchev–Trinajstić information content (AvgIpc) is 2.43. The fourth-order valence-corrected chi connectivity index (χ4v) is 2.72. The van der Waals surface area contributed by atoms with Crippen LogP contribution in [0.25, 0.3) is 0 Å². The molecule has 0 aliphatic rings. The fraction of sp³-hybridized carbons (Fsp3) is 0.714. The Morgan fingerprint density at radius 3 is 2.43 bits per heavy atom. The minimum Gasteiger partial charge on any atom is -0.383 e. The largest absolute Gasteiger partial charge is 0.383 e. The van der Waals surface area contributed by atoms with Crippen LogP contribution in [0.4, 0.5) is 11.5 Å².